The molecule has 0 radical (unpaired) electrons. The van der Waals surface area contributed by atoms with Crippen molar-refractivity contribution < 1.29 is 8.91 Å². The van der Waals surface area contributed by atoms with Gasteiger partial charge in [-0.15, -0.1) is 0 Å². The summed E-state index contributed by atoms with van der Waals surface area (Å²) in [6.45, 7) is 3.24. The number of rotatable bonds is 3. The Morgan fingerprint density at radius 2 is 1.69 bits per heavy atom. The molecule has 1 fully saturated rings. The molecule has 0 N–H and O–H groups in total. The van der Waals surface area contributed by atoms with Crippen molar-refractivity contribution in [2.24, 2.45) is 0 Å². The molecule has 29 heavy (non-hydrogen) atoms. The van der Waals surface area contributed by atoms with Gasteiger partial charge in [-0.3, -0.25) is 0 Å². The van der Waals surface area contributed by atoms with Crippen LogP contribution in [0.5, 0.6) is 0 Å². The highest BCUT2D eigenvalue weighted by Gasteiger charge is 2.24. The highest BCUT2D eigenvalue weighted by Crippen LogP contribution is 2.34. The molecule has 0 atom stereocenters. The van der Waals surface area contributed by atoms with E-state index in [1.165, 1.54) is 18.5 Å². The van der Waals surface area contributed by atoms with Gasteiger partial charge in [-0.05, 0) is 42.5 Å². The number of nitrogens with zero attached hydrogens (tertiary/aromatic N) is 5. The van der Waals surface area contributed by atoms with Crippen LogP contribution in [-0.2, 0) is 0 Å². The van der Waals surface area contributed by atoms with E-state index >= 15 is 0 Å². The van der Waals surface area contributed by atoms with Crippen molar-refractivity contribution >= 4 is 34.2 Å². The summed E-state index contributed by atoms with van der Waals surface area (Å²) < 4.78 is 18.7. The molecule has 0 aliphatic carbocycles. The smallest absolute Gasteiger partial charge is 0.263 e. The zero-order valence-corrected chi connectivity index (χ0v) is 16.2. The second-order valence-corrected chi connectivity index (χ2v) is 7.31. The molecule has 8 heteroatoms. The monoisotopic (exact) mass is 409 g/mol. The Balaban J connectivity index is 1.45. The third-order valence-electron chi connectivity index (χ3n) is 5.12. The van der Waals surface area contributed by atoms with Crippen molar-refractivity contribution in [2.75, 3.05) is 36.0 Å². The number of anilines is 2. The minimum absolute atomic E-state index is 0.296. The predicted molar refractivity (Wildman–Crippen MR) is 111 cm³/mol. The minimum Gasteiger partial charge on any atom is -0.368 e. The van der Waals surface area contributed by atoms with Gasteiger partial charge in [0.15, 0.2) is 0 Å². The molecule has 0 bridgehead atoms. The van der Waals surface area contributed by atoms with Gasteiger partial charge >= 0.3 is 0 Å². The molecular formula is C21H17ClFN5O. The first-order valence-electron chi connectivity index (χ1n) is 9.31. The van der Waals surface area contributed by atoms with Crippen molar-refractivity contribution in [1.82, 2.24) is 15.1 Å². The van der Waals surface area contributed by atoms with Gasteiger partial charge < -0.3 is 14.3 Å². The second-order valence-electron chi connectivity index (χ2n) is 6.87. The lowest BCUT2D eigenvalue weighted by Gasteiger charge is -2.36. The van der Waals surface area contributed by atoms with Crippen LogP contribution in [0.4, 0.5) is 15.9 Å². The van der Waals surface area contributed by atoms with E-state index in [0.717, 1.165) is 53.7 Å². The van der Waals surface area contributed by atoms with E-state index in [0.29, 0.717) is 11.4 Å². The Labute approximate surface area is 171 Å². The molecule has 1 aliphatic rings. The summed E-state index contributed by atoms with van der Waals surface area (Å²) in [6.07, 6.45) is 1.49. The minimum atomic E-state index is -0.296. The molecule has 0 amide bonds. The molecule has 0 spiro atoms. The molecule has 146 valence electrons. The van der Waals surface area contributed by atoms with Crippen LogP contribution in [0, 0.1) is 5.82 Å². The Bertz CT molecular complexity index is 1160. The van der Waals surface area contributed by atoms with Crippen LogP contribution in [0.1, 0.15) is 0 Å². The van der Waals surface area contributed by atoms with E-state index in [4.69, 9.17) is 16.1 Å². The summed E-state index contributed by atoms with van der Waals surface area (Å²) in [7, 11) is 0. The van der Waals surface area contributed by atoms with Gasteiger partial charge in [0.05, 0.1) is 0 Å². The topological polar surface area (TPSA) is 58.3 Å². The first-order valence-corrected chi connectivity index (χ1v) is 9.68. The Hall–Kier alpha value is -3.19. The zero-order chi connectivity index (χ0) is 19.8. The lowest BCUT2D eigenvalue weighted by Crippen LogP contribution is -2.46. The zero-order valence-electron chi connectivity index (χ0n) is 15.4. The van der Waals surface area contributed by atoms with Gasteiger partial charge in [-0.1, -0.05) is 22.8 Å². The van der Waals surface area contributed by atoms with Crippen molar-refractivity contribution in [3.05, 3.63) is 65.7 Å². The van der Waals surface area contributed by atoms with Crippen LogP contribution in [0.2, 0.25) is 5.02 Å². The predicted octanol–water partition coefficient (Wildman–Crippen LogP) is 4.40. The first kappa shape index (κ1) is 17.9. The molecular weight excluding hydrogens is 393 g/mol. The summed E-state index contributed by atoms with van der Waals surface area (Å²) in [5.74, 6) is 0.483. The maximum atomic E-state index is 13.3. The highest BCUT2D eigenvalue weighted by atomic mass is 35.5. The van der Waals surface area contributed by atoms with E-state index < -0.39 is 0 Å². The fourth-order valence-electron chi connectivity index (χ4n) is 3.67. The molecule has 1 aliphatic heterocycles. The average Bonchev–Trinajstić information content (AvgIpc) is 3.19. The van der Waals surface area contributed by atoms with Gasteiger partial charge in [-0.2, -0.15) is 4.98 Å². The normalized spacial score (nSPS) is 14.6. The molecule has 4 aromatic rings. The van der Waals surface area contributed by atoms with Gasteiger partial charge in [-0.25, -0.2) is 9.37 Å². The number of aromatic nitrogens is 3. The van der Waals surface area contributed by atoms with Gasteiger partial charge in [0.25, 0.3) is 5.71 Å². The number of benzene rings is 2. The van der Waals surface area contributed by atoms with E-state index in [-0.39, 0.29) is 5.82 Å². The van der Waals surface area contributed by atoms with Crippen LogP contribution >= 0.6 is 11.6 Å². The average molecular weight is 410 g/mol. The quantitative estimate of drug-likeness (QED) is 0.499. The molecule has 2 aromatic carbocycles. The van der Waals surface area contributed by atoms with E-state index in [1.54, 1.807) is 12.1 Å². The van der Waals surface area contributed by atoms with Crippen molar-refractivity contribution in [1.29, 1.82) is 0 Å². The second kappa shape index (κ2) is 7.33. The molecule has 0 unspecified atom stereocenters. The van der Waals surface area contributed by atoms with Crippen molar-refractivity contribution in [3.63, 3.8) is 0 Å². The highest BCUT2D eigenvalue weighted by molar-refractivity contribution is 6.30. The summed E-state index contributed by atoms with van der Waals surface area (Å²) in [5.41, 5.74) is 2.92. The van der Waals surface area contributed by atoms with Crippen molar-refractivity contribution in [3.8, 4) is 11.3 Å². The SMILES string of the molecule is Fc1ccc(-c2noc3ncnc(N4CCN(c5cccc(Cl)c5)CC4)c23)cc1. The third-order valence-corrected chi connectivity index (χ3v) is 5.36. The standard InChI is InChI=1S/C21H17ClFN5O/c22-15-2-1-3-17(12-15)27-8-10-28(11-9-27)20-18-19(14-4-6-16(23)7-5-14)26-29-21(18)25-13-24-20/h1-7,12-13H,8-11H2. The Kier molecular flexibility index (Phi) is 4.52. The van der Waals surface area contributed by atoms with Gasteiger partial charge in [0.1, 0.15) is 29.0 Å². The fraction of sp³-hybridized carbons (Fsp3) is 0.190. The molecule has 3 heterocycles. The van der Waals surface area contributed by atoms with E-state index in [2.05, 4.69) is 31.0 Å². The van der Waals surface area contributed by atoms with Crippen LogP contribution in [0.3, 0.4) is 0 Å². The Morgan fingerprint density at radius 1 is 0.931 bits per heavy atom. The number of hydrogen-bond donors (Lipinski definition) is 0. The third kappa shape index (κ3) is 3.38. The number of fused-ring (bicyclic) bond motifs is 1. The van der Waals surface area contributed by atoms with E-state index in [1.807, 2.05) is 18.2 Å². The summed E-state index contributed by atoms with van der Waals surface area (Å²) in [4.78, 5) is 13.2. The summed E-state index contributed by atoms with van der Waals surface area (Å²) in [5, 5.41) is 5.65. The molecule has 0 saturated carbocycles. The maximum absolute atomic E-state index is 13.3. The summed E-state index contributed by atoms with van der Waals surface area (Å²) >= 11 is 6.13. The fourth-order valence-corrected chi connectivity index (χ4v) is 3.85. The number of piperazine rings is 1. The lowest BCUT2D eigenvalue weighted by molar-refractivity contribution is 0.451. The van der Waals surface area contributed by atoms with Crippen LogP contribution in [0.25, 0.3) is 22.4 Å². The lowest BCUT2D eigenvalue weighted by atomic mass is 10.1. The van der Waals surface area contributed by atoms with Gasteiger partial charge in [0.2, 0.25) is 0 Å². The number of halogens is 2. The summed E-state index contributed by atoms with van der Waals surface area (Å²) in [6, 6.07) is 14.1. The molecule has 5 rings (SSSR count). The van der Waals surface area contributed by atoms with Crippen LogP contribution in [0.15, 0.2) is 59.4 Å². The Morgan fingerprint density at radius 3 is 2.45 bits per heavy atom. The van der Waals surface area contributed by atoms with E-state index in [9.17, 15) is 4.39 Å². The largest absolute Gasteiger partial charge is 0.368 e. The van der Waals surface area contributed by atoms with Crippen LogP contribution < -0.4 is 9.80 Å². The van der Waals surface area contributed by atoms with Crippen molar-refractivity contribution in [2.45, 2.75) is 0 Å². The number of hydrogen-bond acceptors (Lipinski definition) is 6. The first-order chi connectivity index (χ1) is 14.2. The maximum Gasteiger partial charge on any atom is 0.263 e. The molecule has 6 nitrogen and oxygen atoms in total. The molecule has 1 saturated heterocycles. The van der Waals surface area contributed by atoms with Gasteiger partial charge in [0, 0.05) is 42.5 Å². The van der Waals surface area contributed by atoms with Crippen LogP contribution in [-0.4, -0.2) is 41.3 Å². The molecule has 2 aromatic heterocycles.